The van der Waals surface area contributed by atoms with Crippen molar-refractivity contribution in [1.29, 1.82) is 0 Å². The second-order valence-corrected chi connectivity index (χ2v) is 6.13. The Labute approximate surface area is 105 Å². The van der Waals surface area contributed by atoms with Gasteiger partial charge in [-0.05, 0) is 51.9 Å². The molecule has 1 saturated carbocycles. The average Bonchev–Trinajstić information content (AvgIpc) is 2.53. The molecule has 2 atom stereocenters. The molecule has 0 aromatic carbocycles. The molecule has 2 rings (SSSR count). The topological polar surface area (TPSA) is 32.3 Å². The van der Waals surface area contributed by atoms with Crippen LogP contribution < -0.4 is 5.32 Å². The van der Waals surface area contributed by atoms with Crippen LogP contribution in [0, 0.1) is 5.92 Å². The fourth-order valence-electron chi connectivity index (χ4n) is 3.31. The Morgan fingerprint density at radius 2 is 1.88 bits per heavy atom. The van der Waals surface area contributed by atoms with E-state index in [9.17, 15) is 4.79 Å². The average molecular weight is 238 g/mol. The number of amides is 1. The first-order valence-corrected chi connectivity index (χ1v) is 7.08. The molecule has 1 heterocycles. The van der Waals surface area contributed by atoms with Crippen molar-refractivity contribution in [3.05, 3.63) is 0 Å². The summed E-state index contributed by atoms with van der Waals surface area (Å²) in [5.74, 6) is 1.15. The molecule has 1 N–H and O–H groups in total. The van der Waals surface area contributed by atoms with Gasteiger partial charge in [-0.1, -0.05) is 13.8 Å². The summed E-state index contributed by atoms with van der Waals surface area (Å²) in [6.07, 6.45) is 5.96. The number of rotatable bonds is 2. The van der Waals surface area contributed by atoms with Gasteiger partial charge in [-0.25, -0.2) is 0 Å². The quantitative estimate of drug-likeness (QED) is 0.801. The van der Waals surface area contributed by atoms with Crippen molar-refractivity contribution in [3.8, 4) is 0 Å². The van der Waals surface area contributed by atoms with Crippen LogP contribution in [0.25, 0.3) is 0 Å². The van der Waals surface area contributed by atoms with Gasteiger partial charge in [0.1, 0.15) is 0 Å². The lowest BCUT2D eigenvalue weighted by Crippen LogP contribution is -2.46. The Bertz CT molecular complexity index is 297. The number of nitrogens with zero attached hydrogens (tertiary/aromatic N) is 1. The molecular weight excluding hydrogens is 212 g/mol. The zero-order valence-corrected chi connectivity index (χ0v) is 11.6. The minimum Gasteiger partial charge on any atom is -0.323 e. The largest absolute Gasteiger partial charge is 0.323 e. The number of nitrogens with one attached hydrogen (secondary N) is 1. The molecular formula is C14H26N2O. The van der Waals surface area contributed by atoms with Crippen molar-refractivity contribution < 1.29 is 4.79 Å². The monoisotopic (exact) mass is 238 g/mol. The maximum Gasteiger partial charge on any atom is 0.244 e. The van der Waals surface area contributed by atoms with Crippen LogP contribution >= 0.6 is 0 Å². The predicted octanol–water partition coefficient (Wildman–Crippen LogP) is 2.51. The summed E-state index contributed by atoms with van der Waals surface area (Å²) in [5, 5.41) is 3.46. The first-order chi connectivity index (χ1) is 7.98. The predicted molar refractivity (Wildman–Crippen MR) is 69.6 cm³/mol. The summed E-state index contributed by atoms with van der Waals surface area (Å²) in [7, 11) is 0. The van der Waals surface area contributed by atoms with Gasteiger partial charge in [0.15, 0.2) is 0 Å². The van der Waals surface area contributed by atoms with E-state index in [1.54, 1.807) is 0 Å². The molecule has 3 nitrogen and oxygen atoms in total. The number of hydrogen-bond acceptors (Lipinski definition) is 2. The summed E-state index contributed by atoms with van der Waals surface area (Å²) in [6, 6.07) is 0.467. The van der Waals surface area contributed by atoms with E-state index in [0.29, 0.717) is 11.9 Å². The van der Waals surface area contributed by atoms with Gasteiger partial charge in [-0.2, -0.15) is 0 Å². The fourth-order valence-corrected chi connectivity index (χ4v) is 3.31. The third kappa shape index (κ3) is 2.22. The SMILES string of the molecule is CCC1(C)NC(C)N(C2CCC(C)CC2)C1=O. The van der Waals surface area contributed by atoms with Gasteiger partial charge < -0.3 is 4.90 Å². The minimum absolute atomic E-state index is 0.200. The molecule has 0 bridgehead atoms. The second kappa shape index (κ2) is 4.60. The van der Waals surface area contributed by atoms with E-state index in [2.05, 4.69) is 31.0 Å². The van der Waals surface area contributed by atoms with E-state index in [4.69, 9.17) is 0 Å². The highest BCUT2D eigenvalue weighted by Gasteiger charge is 2.47. The highest BCUT2D eigenvalue weighted by Crippen LogP contribution is 2.33. The van der Waals surface area contributed by atoms with Crippen molar-refractivity contribution in [3.63, 3.8) is 0 Å². The summed E-state index contributed by atoms with van der Waals surface area (Å²) in [6.45, 7) is 8.57. The van der Waals surface area contributed by atoms with Crippen LogP contribution in [0.2, 0.25) is 0 Å². The van der Waals surface area contributed by atoms with Crippen molar-refractivity contribution in [2.45, 2.75) is 77.5 Å². The third-order valence-electron chi connectivity index (χ3n) is 4.74. The number of carbonyl (C=O) groups is 1. The van der Waals surface area contributed by atoms with Crippen molar-refractivity contribution >= 4 is 5.91 Å². The first-order valence-electron chi connectivity index (χ1n) is 7.08. The van der Waals surface area contributed by atoms with Gasteiger partial charge in [0, 0.05) is 6.04 Å². The van der Waals surface area contributed by atoms with Crippen LogP contribution in [-0.4, -0.2) is 28.6 Å². The lowest BCUT2D eigenvalue weighted by molar-refractivity contribution is -0.135. The van der Waals surface area contributed by atoms with Crippen LogP contribution in [-0.2, 0) is 4.79 Å². The van der Waals surface area contributed by atoms with Crippen molar-refractivity contribution in [1.82, 2.24) is 10.2 Å². The summed E-state index contributed by atoms with van der Waals surface area (Å²) in [5.41, 5.74) is -0.331. The molecule has 1 aliphatic heterocycles. The highest BCUT2D eigenvalue weighted by atomic mass is 16.2. The van der Waals surface area contributed by atoms with E-state index in [0.717, 1.165) is 12.3 Å². The van der Waals surface area contributed by atoms with Crippen LogP contribution in [0.1, 0.15) is 59.8 Å². The van der Waals surface area contributed by atoms with Gasteiger partial charge in [-0.3, -0.25) is 10.1 Å². The highest BCUT2D eigenvalue weighted by molar-refractivity contribution is 5.88. The smallest absolute Gasteiger partial charge is 0.244 e. The summed E-state index contributed by atoms with van der Waals surface area (Å²) >= 11 is 0. The van der Waals surface area contributed by atoms with Crippen LogP contribution in [0.3, 0.4) is 0 Å². The molecule has 1 saturated heterocycles. The molecule has 98 valence electrons. The van der Waals surface area contributed by atoms with E-state index in [-0.39, 0.29) is 11.7 Å². The Morgan fingerprint density at radius 3 is 2.35 bits per heavy atom. The van der Waals surface area contributed by atoms with Gasteiger partial charge in [0.05, 0.1) is 11.7 Å². The molecule has 1 aliphatic carbocycles. The Hall–Kier alpha value is -0.570. The Balaban J connectivity index is 2.08. The zero-order chi connectivity index (χ0) is 12.6. The number of carbonyl (C=O) groups excluding carboxylic acids is 1. The summed E-state index contributed by atoms with van der Waals surface area (Å²) < 4.78 is 0. The van der Waals surface area contributed by atoms with Gasteiger partial charge >= 0.3 is 0 Å². The van der Waals surface area contributed by atoms with Gasteiger partial charge in [0.2, 0.25) is 5.91 Å². The molecule has 17 heavy (non-hydrogen) atoms. The Kier molecular flexibility index (Phi) is 3.48. The molecule has 2 fully saturated rings. The molecule has 1 amide bonds. The zero-order valence-electron chi connectivity index (χ0n) is 11.6. The first kappa shape index (κ1) is 12.9. The normalized spacial score (nSPS) is 43.2. The molecule has 0 aromatic rings. The second-order valence-electron chi connectivity index (χ2n) is 6.13. The maximum atomic E-state index is 12.5. The van der Waals surface area contributed by atoms with Crippen LogP contribution in [0.15, 0.2) is 0 Å². The third-order valence-corrected chi connectivity index (χ3v) is 4.74. The molecule has 0 radical (unpaired) electrons. The fraction of sp³-hybridized carbons (Fsp3) is 0.929. The molecule has 3 heteroatoms. The molecule has 0 spiro atoms. The van der Waals surface area contributed by atoms with Crippen molar-refractivity contribution in [2.75, 3.05) is 0 Å². The van der Waals surface area contributed by atoms with E-state index < -0.39 is 0 Å². The van der Waals surface area contributed by atoms with Crippen LogP contribution in [0.4, 0.5) is 0 Å². The summed E-state index contributed by atoms with van der Waals surface area (Å²) in [4.78, 5) is 14.6. The van der Waals surface area contributed by atoms with Crippen LogP contribution in [0.5, 0.6) is 0 Å². The maximum absolute atomic E-state index is 12.5. The number of hydrogen-bond donors (Lipinski definition) is 1. The lowest BCUT2D eigenvalue weighted by Gasteiger charge is -2.36. The van der Waals surface area contributed by atoms with Crippen molar-refractivity contribution in [2.24, 2.45) is 5.92 Å². The van der Waals surface area contributed by atoms with E-state index >= 15 is 0 Å². The lowest BCUT2D eigenvalue weighted by atomic mass is 9.86. The standard InChI is InChI=1S/C14H26N2O/c1-5-14(4)13(17)16(11(3)15-14)12-8-6-10(2)7-9-12/h10-12,15H,5-9H2,1-4H3. The molecule has 2 unspecified atom stereocenters. The van der Waals surface area contributed by atoms with E-state index in [1.807, 2.05) is 6.92 Å². The van der Waals surface area contributed by atoms with Gasteiger partial charge in [0.25, 0.3) is 0 Å². The van der Waals surface area contributed by atoms with Gasteiger partial charge in [-0.15, -0.1) is 0 Å². The van der Waals surface area contributed by atoms with E-state index in [1.165, 1.54) is 25.7 Å². The molecule has 2 aliphatic rings. The Morgan fingerprint density at radius 1 is 1.29 bits per heavy atom. The molecule has 0 aromatic heterocycles. The minimum atomic E-state index is -0.331.